The normalized spacial score (nSPS) is 14.8. The van der Waals surface area contributed by atoms with Crippen LogP contribution in [0.1, 0.15) is 18.4 Å². The third-order valence-electron chi connectivity index (χ3n) is 6.81. The first-order valence-corrected chi connectivity index (χ1v) is 12.1. The van der Waals surface area contributed by atoms with Crippen LogP contribution in [0.4, 0.5) is 15.9 Å². The van der Waals surface area contributed by atoms with E-state index in [1.807, 2.05) is 28.9 Å². The van der Waals surface area contributed by atoms with Gasteiger partial charge in [-0.3, -0.25) is 0 Å². The zero-order chi connectivity index (χ0) is 25.2. The molecule has 1 fully saturated rings. The second-order valence-electron chi connectivity index (χ2n) is 9.27. The molecule has 2 aromatic carbocycles. The Morgan fingerprint density at radius 2 is 1.83 bits per heavy atom. The van der Waals surface area contributed by atoms with Gasteiger partial charge in [0.2, 0.25) is 0 Å². The van der Waals surface area contributed by atoms with Crippen LogP contribution in [0.5, 0.6) is 17.2 Å². The van der Waals surface area contributed by atoms with Crippen molar-refractivity contribution in [1.82, 2.24) is 19.7 Å². The largest absolute Gasteiger partial charge is 0.497 e. The van der Waals surface area contributed by atoms with E-state index in [0.717, 1.165) is 48.4 Å². The molecule has 4 aromatic rings. The van der Waals surface area contributed by atoms with E-state index >= 15 is 0 Å². The minimum absolute atomic E-state index is 0.104. The molecule has 2 N–H and O–H groups in total. The molecule has 1 saturated heterocycles. The van der Waals surface area contributed by atoms with E-state index in [4.69, 9.17) is 20.3 Å². The molecule has 0 aliphatic carbocycles. The predicted octanol–water partition coefficient (Wildman–Crippen LogP) is 4.53. The van der Waals surface area contributed by atoms with Crippen LogP contribution in [0, 0.1) is 5.82 Å². The van der Waals surface area contributed by atoms with Crippen LogP contribution in [0.2, 0.25) is 0 Å². The van der Waals surface area contributed by atoms with Crippen LogP contribution in [-0.2, 0) is 6.54 Å². The molecule has 0 atom stereocenters. The molecule has 3 heterocycles. The Kier molecular flexibility index (Phi) is 6.65. The van der Waals surface area contributed by atoms with Gasteiger partial charge in [-0.15, -0.1) is 0 Å². The van der Waals surface area contributed by atoms with Crippen LogP contribution >= 0.6 is 0 Å². The standard InChI is InChI=1S/C27H31FN6O2/c1-32-14-11-20(12-15-32)33(2)27-25-24(36-23-9-6-19(29)16-22(23)28)10-13-30-26(25)34(31-27)17-18-4-7-21(35-3)8-5-18/h4-10,13,16,20H,11-12,14-15,17,29H2,1-3H3. The third-order valence-corrected chi connectivity index (χ3v) is 6.81. The number of piperidine rings is 1. The predicted molar refractivity (Wildman–Crippen MR) is 139 cm³/mol. The van der Waals surface area contributed by atoms with E-state index in [9.17, 15) is 4.39 Å². The number of nitrogens with zero attached hydrogens (tertiary/aromatic N) is 5. The second-order valence-corrected chi connectivity index (χ2v) is 9.27. The van der Waals surface area contributed by atoms with Gasteiger partial charge in [0.25, 0.3) is 0 Å². The van der Waals surface area contributed by atoms with Crippen molar-refractivity contribution >= 4 is 22.5 Å². The highest BCUT2D eigenvalue weighted by atomic mass is 19.1. The summed E-state index contributed by atoms with van der Waals surface area (Å²) in [6.45, 7) is 2.57. The Bertz CT molecular complexity index is 1350. The lowest BCUT2D eigenvalue weighted by Gasteiger charge is -2.35. The lowest BCUT2D eigenvalue weighted by Crippen LogP contribution is -2.42. The molecule has 1 aliphatic rings. The highest BCUT2D eigenvalue weighted by molar-refractivity contribution is 5.94. The maximum atomic E-state index is 14.6. The average Bonchev–Trinajstić information content (AvgIpc) is 3.25. The summed E-state index contributed by atoms with van der Waals surface area (Å²) in [5.74, 6) is 1.65. The highest BCUT2D eigenvalue weighted by Gasteiger charge is 2.27. The molecule has 0 radical (unpaired) electrons. The van der Waals surface area contributed by atoms with Crippen molar-refractivity contribution in [1.29, 1.82) is 0 Å². The smallest absolute Gasteiger partial charge is 0.167 e. The van der Waals surface area contributed by atoms with Gasteiger partial charge in [-0.05, 0) is 62.8 Å². The van der Waals surface area contributed by atoms with Crippen molar-refractivity contribution in [3.8, 4) is 17.2 Å². The Labute approximate surface area is 210 Å². The summed E-state index contributed by atoms with van der Waals surface area (Å²) in [7, 11) is 5.86. The summed E-state index contributed by atoms with van der Waals surface area (Å²) in [5, 5.41) is 5.76. The van der Waals surface area contributed by atoms with Gasteiger partial charge >= 0.3 is 0 Å². The number of ether oxygens (including phenoxy) is 2. The van der Waals surface area contributed by atoms with Crippen molar-refractivity contribution in [3.63, 3.8) is 0 Å². The lowest BCUT2D eigenvalue weighted by molar-refractivity contribution is 0.252. The van der Waals surface area contributed by atoms with Crippen LogP contribution in [-0.4, -0.2) is 60.0 Å². The van der Waals surface area contributed by atoms with Gasteiger partial charge in [0.1, 0.15) is 16.9 Å². The summed E-state index contributed by atoms with van der Waals surface area (Å²) >= 11 is 0. The Hall–Kier alpha value is -3.85. The fourth-order valence-corrected chi connectivity index (χ4v) is 4.67. The van der Waals surface area contributed by atoms with E-state index in [1.54, 1.807) is 31.5 Å². The van der Waals surface area contributed by atoms with Crippen LogP contribution < -0.4 is 20.1 Å². The maximum absolute atomic E-state index is 14.6. The molecule has 36 heavy (non-hydrogen) atoms. The van der Waals surface area contributed by atoms with Gasteiger partial charge in [0, 0.05) is 37.1 Å². The van der Waals surface area contributed by atoms with E-state index < -0.39 is 5.82 Å². The molecule has 2 aromatic heterocycles. The van der Waals surface area contributed by atoms with Gasteiger partial charge < -0.3 is 25.0 Å². The summed E-state index contributed by atoms with van der Waals surface area (Å²) in [6, 6.07) is 14.4. The van der Waals surface area contributed by atoms with E-state index in [0.29, 0.717) is 29.7 Å². The number of anilines is 2. The average molecular weight is 491 g/mol. The maximum Gasteiger partial charge on any atom is 0.167 e. The molecule has 0 bridgehead atoms. The first-order chi connectivity index (χ1) is 17.4. The van der Waals surface area contributed by atoms with Crippen molar-refractivity contribution < 1.29 is 13.9 Å². The molecule has 188 valence electrons. The van der Waals surface area contributed by atoms with Crippen molar-refractivity contribution in [2.45, 2.75) is 25.4 Å². The van der Waals surface area contributed by atoms with Crippen molar-refractivity contribution in [2.75, 3.05) is 44.9 Å². The number of aromatic nitrogens is 3. The fraction of sp³-hybridized carbons (Fsp3) is 0.333. The number of fused-ring (bicyclic) bond motifs is 1. The zero-order valence-corrected chi connectivity index (χ0v) is 20.8. The van der Waals surface area contributed by atoms with Crippen LogP contribution in [0.25, 0.3) is 11.0 Å². The molecule has 8 nitrogen and oxygen atoms in total. The number of halogens is 1. The number of rotatable bonds is 7. The molecular weight excluding hydrogens is 459 g/mol. The first kappa shape index (κ1) is 23.9. The fourth-order valence-electron chi connectivity index (χ4n) is 4.67. The summed E-state index contributed by atoms with van der Waals surface area (Å²) < 4.78 is 27.9. The molecule has 1 aliphatic heterocycles. The number of nitrogens with two attached hydrogens (primary N) is 1. The lowest BCUT2D eigenvalue weighted by atomic mass is 10.0. The second kappa shape index (κ2) is 10.0. The number of benzene rings is 2. The Morgan fingerprint density at radius 1 is 1.08 bits per heavy atom. The van der Waals surface area contributed by atoms with Gasteiger partial charge in [0.05, 0.1) is 13.7 Å². The third kappa shape index (κ3) is 4.79. The SMILES string of the molecule is COc1ccc(Cn2nc(N(C)C3CCN(C)CC3)c3c(Oc4ccc(N)cc4F)ccnc32)cc1. The monoisotopic (exact) mass is 490 g/mol. The molecule has 0 unspecified atom stereocenters. The highest BCUT2D eigenvalue weighted by Crippen LogP contribution is 2.38. The van der Waals surface area contributed by atoms with Gasteiger partial charge in [0.15, 0.2) is 23.0 Å². The minimum atomic E-state index is -0.518. The number of pyridine rings is 1. The Balaban J connectivity index is 1.57. The summed E-state index contributed by atoms with van der Waals surface area (Å²) in [4.78, 5) is 9.21. The quantitative estimate of drug-likeness (QED) is 0.381. The molecule has 0 spiro atoms. The minimum Gasteiger partial charge on any atom is -0.497 e. The zero-order valence-electron chi connectivity index (χ0n) is 20.8. The van der Waals surface area contributed by atoms with Crippen LogP contribution in [0.3, 0.4) is 0 Å². The van der Waals surface area contributed by atoms with E-state index in [-0.39, 0.29) is 5.75 Å². The van der Waals surface area contributed by atoms with Crippen molar-refractivity contribution in [2.24, 2.45) is 0 Å². The number of hydrogen-bond acceptors (Lipinski definition) is 7. The molecule has 5 rings (SSSR count). The summed E-state index contributed by atoms with van der Waals surface area (Å²) in [5.41, 5.74) is 7.80. The topological polar surface area (TPSA) is 81.7 Å². The molecular formula is C27H31FN6O2. The number of likely N-dealkylation sites (tertiary alicyclic amines) is 1. The number of hydrogen-bond donors (Lipinski definition) is 1. The van der Waals surface area contributed by atoms with Gasteiger partial charge in [-0.1, -0.05) is 12.1 Å². The van der Waals surface area contributed by atoms with Crippen molar-refractivity contribution in [3.05, 3.63) is 66.1 Å². The number of methoxy groups -OCH3 is 1. The van der Waals surface area contributed by atoms with Gasteiger partial charge in [-0.25, -0.2) is 14.1 Å². The molecule has 0 saturated carbocycles. The van der Waals surface area contributed by atoms with E-state index in [1.165, 1.54) is 6.07 Å². The first-order valence-electron chi connectivity index (χ1n) is 12.1. The number of nitrogen functional groups attached to an aromatic ring is 1. The molecule has 9 heteroatoms. The molecule has 0 amide bonds. The van der Waals surface area contributed by atoms with Crippen LogP contribution in [0.15, 0.2) is 54.7 Å². The Morgan fingerprint density at radius 3 is 2.53 bits per heavy atom. The summed E-state index contributed by atoms with van der Waals surface area (Å²) in [6.07, 6.45) is 3.73. The van der Waals surface area contributed by atoms with Gasteiger partial charge in [-0.2, -0.15) is 5.10 Å². The van der Waals surface area contributed by atoms with E-state index in [2.05, 4.69) is 28.9 Å².